The first-order valence-electron chi connectivity index (χ1n) is 7.80. The molecule has 3 nitrogen and oxygen atoms in total. The van der Waals surface area contributed by atoms with Crippen molar-refractivity contribution in [1.82, 2.24) is 15.1 Å². The average molecular weight is 283 g/mol. The first-order chi connectivity index (χ1) is 10.3. The fraction of sp³-hybridized carbons (Fsp3) is 0.389. The molecular formula is C18H25N3. The van der Waals surface area contributed by atoms with Gasteiger partial charge in [-0.1, -0.05) is 31.2 Å². The number of nitrogens with one attached hydrogen (secondary N) is 1. The molecule has 0 amide bonds. The summed E-state index contributed by atoms with van der Waals surface area (Å²) in [5.41, 5.74) is 2.22. The molecule has 0 aliphatic rings. The van der Waals surface area contributed by atoms with E-state index in [1.54, 1.807) is 0 Å². The van der Waals surface area contributed by atoms with E-state index in [4.69, 9.17) is 5.10 Å². The Morgan fingerprint density at radius 1 is 1.29 bits per heavy atom. The minimum absolute atomic E-state index is 0.329. The number of unbranched alkanes of at least 4 members (excludes halogenated alkanes) is 1. The van der Waals surface area contributed by atoms with Gasteiger partial charge < -0.3 is 5.32 Å². The van der Waals surface area contributed by atoms with Crippen LogP contribution in [0.25, 0.3) is 5.69 Å². The fourth-order valence-electron chi connectivity index (χ4n) is 2.39. The van der Waals surface area contributed by atoms with Crippen molar-refractivity contribution >= 4 is 0 Å². The van der Waals surface area contributed by atoms with Gasteiger partial charge in [-0.3, -0.25) is 0 Å². The molecule has 0 fully saturated rings. The summed E-state index contributed by atoms with van der Waals surface area (Å²) in [6.07, 6.45) is 8.46. The van der Waals surface area contributed by atoms with Crippen molar-refractivity contribution in [2.45, 2.75) is 38.6 Å². The molecule has 0 saturated carbocycles. The van der Waals surface area contributed by atoms with Crippen LogP contribution in [-0.2, 0) is 0 Å². The predicted molar refractivity (Wildman–Crippen MR) is 88.6 cm³/mol. The number of hydrogen-bond acceptors (Lipinski definition) is 2. The van der Waals surface area contributed by atoms with Crippen molar-refractivity contribution in [1.29, 1.82) is 0 Å². The number of rotatable bonds is 9. The Hall–Kier alpha value is -1.87. The summed E-state index contributed by atoms with van der Waals surface area (Å²) in [5, 5.41) is 8.34. The third kappa shape index (κ3) is 4.57. The minimum atomic E-state index is 0.329. The molecule has 112 valence electrons. The smallest absolute Gasteiger partial charge is 0.0798 e. The summed E-state index contributed by atoms with van der Waals surface area (Å²) in [7, 11) is 0. The lowest BCUT2D eigenvalue weighted by Gasteiger charge is -2.16. The van der Waals surface area contributed by atoms with Crippen LogP contribution in [0.3, 0.4) is 0 Å². The zero-order chi connectivity index (χ0) is 14.9. The van der Waals surface area contributed by atoms with Crippen LogP contribution < -0.4 is 5.32 Å². The Morgan fingerprint density at radius 2 is 2.10 bits per heavy atom. The van der Waals surface area contributed by atoms with Crippen LogP contribution in [0.1, 0.15) is 44.3 Å². The third-order valence-corrected chi connectivity index (χ3v) is 3.53. The van der Waals surface area contributed by atoms with Crippen LogP contribution in [0.15, 0.2) is 55.3 Å². The lowest BCUT2D eigenvalue weighted by molar-refractivity contribution is 0.473. The van der Waals surface area contributed by atoms with E-state index in [-0.39, 0.29) is 0 Å². The molecule has 21 heavy (non-hydrogen) atoms. The maximum absolute atomic E-state index is 4.74. The highest BCUT2D eigenvalue weighted by Gasteiger charge is 2.13. The summed E-state index contributed by atoms with van der Waals surface area (Å²) >= 11 is 0. The summed E-state index contributed by atoms with van der Waals surface area (Å²) < 4.78 is 1.95. The van der Waals surface area contributed by atoms with Crippen LogP contribution >= 0.6 is 0 Å². The molecule has 0 saturated heterocycles. The van der Waals surface area contributed by atoms with Gasteiger partial charge in [0.15, 0.2) is 0 Å². The molecule has 0 aliphatic carbocycles. The SMILES string of the molecule is C=CCCCC(NCCC)c1ccn(-c2ccccc2)n1. The second-order valence-corrected chi connectivity index (χ2v) is 5.25. The largest absolute Gasteiger partial charge is 0.309 e. The topological polar surface area (TPSA) is 29.9 Å². The first-order valence-corrected chi connectivity index (χ1v) is 7.80. The van der Waals surface area contributed by atoms with Crippen LogP contribution in [0.2, 0.25) is 0 Å². The van der Waals surface area contributed by atoms with E-state index in [0.29, 0.717) is 6.04 Å². The Labute approximate surface area is 127 Å². The van der Waals surface area contributed by atoms with Crippen LogP contribution in [0, 0.1) is 0 Å². The monoisotopic (exact) mass is 283 g/mol. The van der Waals surface area contributed by atoms with E-state index in [9.17, 15) is 0 Å². The second-order valence-electron chi connectivity index (χ2n) is 5.25. The molecule has 1 unspecified atom stereocenters. The highest BCUT2D eigenvalue weighted by Crippen LogP contribution is 2.19. The zero-order valence-electron chi connectivity index (χ0n) is 12.8. The molecule has 3 heteroatoms. The molecule has 0 bridgehead atoms. The maximum atomic E-state index is 4.74. The summed E-state index contributed by atoms with van der Waals surface area (Å²) in [6.45, 7) is 7.01. The normalized spacial score (nSPS) is 12.2. The molecule has 1 N–H and O–H groups in total. The lowest BCUT2D eigenvalue weighted by atomic mass is 10.1. The number of aromatic nitrogens is 2. The molecule has 1 aromatic carbocycles. The number of hydrogen-bond donors (Lipinski definition) is 1. The van der Waals surface area contributed by atoms with Crippen molar-refractivity contribution in [2.24, 2.45) is 0 Å². The van der Waals surface area contributed by atoms with Gasteiger partial charge in [0.25, 0.3) is 0 Å². The van der Waals surface area contributed by atoms with Crippen molar-refractivity contribution in [2.75, 3.05) is 6.54 Å². The molecular weight excluding hydrogens is 258 g/mol. The fourth-order valence-corrected chi connectivity index (χ4v) is 2.39. The Kier molecular flexibility index (Phi) is 6.22. The van der Waals surface area contributed by atoms with E-state index >= 15 is 0 Å². The van der Waals surface area contributed by atoms with Gasteiger partial charge in [0.2, 0.25) is 0 Å². The van der Waals surface area contributed by atoms with Gasteiger partial charge in [-0.25, -0.2) is 4.68 Å². The van der Waals surface area contributed by atoms with E-state index in [2.05, 4.69) is 37.0 Å². The van der Waals surface area contributed by atoms with E-state index in [0.717, 1.165) is 43.6 Å². The van der Waals surface area contributed by atoms with Crippen molar-refractivity contribution in [3.8, 4) is 5.69 Å². The highest BCUT2D eigenvalue weighted by molar-refractivity contribution is 5.30. The number of nitrogens with zero attached hydrogens (tertiary/aromatic N) is 2. The van der Waals surface area contributed by atoms with Crippen molar-refractivity contribution in [3.05, 3.63) is 60.9 Å². The molecule has 1 aromatic heterocycles. The molecule has 0 aliphatic heterocycles. The lowest BCUT2D eigenvalue weighted by Crippen LogP contribution is -2.22. The molecule has 1 atom stereocenters. The van der Waals surface area contributed by atoms with Crippen molar-refractivity contribution < 1.29 is 0 Å². The molecule has 0 radical (unpaired) electrons. The Balaban J connectivity index is 2.08. The maximum Gasteiger partial charge on any atom is 0.0798 e. The molecule has 1 heterocycles. The Bertz CT molecular complexity index is 530. The first kappa shape index (κ1) is 15.5. The van der Waals surface area contributed by atoms with Gasteiger partial charge in [-0.15, -0.1) is 6.58 Å². The van der Waals surface area contributed by atoms with E-state index in [1.165, 1.54) is 0 Å². The quantitative estimate of drug-likeness (QED) is 0.550. The van der Waals surface area contributed by atoms with Crippen LogP contribution in [0.4, 0.5) is 0 Å². The van der Waals surface area contributed by atoms with Gasteiger partial charge in [-0.2, -0.15) is 5.10 Å². The van der Waals surface area contributed by atoms with Gasteiger partial charge in [-0.05, 0) is 50.4 Å². The van der Waals surface area contributed by atoms with Crippen molar-refractivity contribution in [3.63, 3.8) is 0 Å². The molecule has 2 rings (SSSR count). The van der Waals surface area contributed by atoms with Crippen LogP contribution in [-0.4, -0.2) is 16.3 Å². The standard InChI is InChI=1S/C18H25N3/c1-3-5-7-12-17(19-14-4-2)18-13-15-21(20-18)16-10-8-6-9-11-16/h3,6,8-11,13,15,17,19H,1,4-5,7,12,14H2,2H3. The second kappa shape index (κ2) is 8.42. The number of para-hydroxylation sites is 1. The highest BCUT2D eigenvalue weighted by atomic mass is 15.3. The van der Waals surface area contributed by atoms with Gasteiger partial charge in [0.1, 0.15) is 0 Å². The average Bonchev–Trinajstić information content (AvgIpc) is 3.01. The van der Waals surface area contributed by atoms with Gasteiger partial charge in [0.05, 0.1) is 17.4 Å². The summed E-state index contributed by atoms with van der Waals surface area (Å²) in [4.78, 5) is 0. The predicted octanol–water partition coefficient (Wildman–Crippen LogP) is 4.27. The molecule has 0 spiro atoms. The molecule has 2 aromatic rings. The Morgan fingerprint density at radius 3 is 2.81 bits per heavy atom. The third-order valence-electron chi connectivity index (χ3n) is 3.53. The van der Waals surface area contributed by atoms with E-state index < -0.39 is 0 Å². The number of benzene rings is 1. The minimum Gasteiger partial charge on any atom is -0.309 e. The summed E-state index contributed by atoms with van der Waals surface area (Å²) in [6, 6.07) is 12.7. The zero-order valence-corrected chi connectivity index (χ0v) is 12.8. The van der Waals surface area contributed by atoms with Gasteiger partial charge in [0, 0.05) is 6.20 Å². The summed E-state index contributed by atoms with van der Waals surface area (Å²) in [5.74, 6) is 0. The van der Waals surface area contributed by atoms with E-state index in [1.807, 2.05) is 35.2 Å². The number of allylic oxidation sites excluding steroid dienone is 1. The van der Waals surface area contributed by atoms with Gasteiger partial charge >= 0.3 is 0 Å². The van der Waals surface area contributed by atoms with Crippen LogP contribution in [0.5, 0.6) is 0 Å².